The van der Waals surface area contributed by atoms with Crippen molar-refractivity contribution >= 4 is 5.97 Å². The number of carbonyl (C=O) groups is 1. The standard InChI is InChI=1S/C16H27NO2/c1-15(2,3)19-14(18)10-17-16-7-11-4-12(8-16)6-13(5-11)9-16/h11-13,17H,4-10H2,1-3H3. The van der Waals surface area contributed by atoms with Crippen molar-refractivity contribution in [3.05, 3.63) is 0 Å². The highest BCUT2D eigenvalue weighted by Crippen LogP contribution is 2.55. The van der Waals surface area contributed by atoms with E-state index in [-0.39, 0.29) is 17.1 Å². The molecule has 1 N–H and O–H groups in total. The Labute approximate surface area is 116 Å². The van der Waals surface area contributed by atoms with Crippen LogP contribution in [-0.2, 0) is 9.53 Å². The summed E-state index contributed by atoms with van der Waals surface area (Å²) in [7, 11) is 0. The van der Waals surface area contributed by atoms with Crippen LogP contribution in [0.15, 0.2) is 0 Å². The SMILES string of the molecule is CC(C)(C)OC(=O)CNC12CC3CC(CC(C3)C1)C2. The molecule has 0 radical (unpaired) electrons. The molecule has 108 valence electrons. The molecule has 4 aliphatic carbocycles. The van der Waals surface area contributed by atoms with Gasteiger partial charge in [0.25, 0.3) is 0 Å². The minimum Gasteiger partial charge on any atom is -0.459 e. The highest BCUT2D eigenvalue weighted by atomic mass is 16.6. The van der Waals surface area contributed by atoms with Crippen molar-refractivity contribution in [3.63, 3.8) is 0 Å². The zero-order valence-corrected chi connectivity index (χ0v) is 12.5. The van der Waals surface area contributed by atoms with E-state index in [1.807, 2.05) is 20.8 Å². The van der Waals surface area contributed by atoms with Crippen molar-refractivity contribution in [2.75, 3.05) is 6.54 Å². The molecule has 0 unspecified atom stereocenters. The average molecular weight is 265 g/mol. The van der Waals surface area contributed by atoms with Gasteiger partial charge in [0.1, 0.15) is 5.60 Å². The third-order valence-corrected chi connectivity index (χ3v) is 5.07. The molecular weight excluding hydrogens is 238 g/mol. The molecule has 4 fully saturated rings. The van der Waals surface area contributed by atoms with E-state index in [0.29, 0.717) is 6.54 Å². The minimum absolute atomic E-state index is 0.108. The molecule has 0 aromatic heterocycles. The van der Waals surface area contributed by atoms with E-state index < -0.39 is 0 Å². The maximum absolute atomic E-state index is 11.9. The van der Waals surface area contributed by atoms with Gasteiger partial charge in [0.05, 0.1) is 6.54 Å². The van der Waals surface area contributed by atoms with Crippen molar-refractivity contribution in [2.24, 2.45) is 17.8 Å². The van der Waals surface area contributed by atoms with Crippen molar-refractivity contribution in [2.45, 2.75) is 70.4 Å². The molecule has 4 rings (SSSR count). The van der Waals surface area contributed by atoms with Crippen molar-refractivity contribution in [3.8, 4) is 0 Å². The van der Waals surface area contributed by atoms with Gasteiger partial charge in [-0.25, -0.2) is 0 Å². The fraction of sp³-hybridized carbons (Fsp3) is 0.938. The van der Waals surface area contributed by atoms with Gasteiger partial charge in [-0.3, -0.25) is 4.79 Å². The fourth-order valence-electron chi connectivity index (χ4n) is 4.96. The van der Waals surface area contributed by atoms with E-state index in [1.165, 1.54) is 38.5 Å². The number of rotatable bonds is 3. The first-order chi connectivity index (χ1) is 8.84. The third kappa shape index (κ3) is 2.96. The largest absolute Gasteiger partial charge is 0.459 e. The first-order valence-electron chi connectivity index (χ1n) is 7.80. The van der Waals surface area contributed by atoms with Gasteiger partial charge < -0.3 is 10.1 Å². The van der Waals surface area contributed by atoms with Gasteiger partial charge in [0.15, 0.2) is 0 Å². The Morgan fingerprint density at radius 1 is 1.11 bits per heavy atom. The number of nitrogens with one attached hydrogen (secondary N) is 1. The normalized spacial score (nSPS) is 40.5. The summed E-state index contributed by atoms with van der Waals surface area (Å²) in [6.45, 7) is 6.16. The van der Waals surface area contributed by atoms with Crippen LogP contribution in [0, 0.1) is 17.8 Å². The van der Waals surface area contributed by atoms with Crippen molar-refractivity contribution in [1.82, 2.24) is 5.32 Å². The van der Waals surface area contributed by atoms with Gasteiger partial charge in [-0.05, 0) is 77.0 Å². The second kappa shape index (κ2) is 4.47. The lowest BCUT2D eigenvalue weighted by Gasteiger charge is -2.57. The summed E-state index contributed by atoms with van der Waals surface area (Å²) in [5, 5.41) is 3.58. The summed E-state index contributed by atoms with van der Waals surface area (Å²) in [4.78, 5) is 11.9. The predicted molar refractivity (Wildman–Crippen MR) is 74.8 cm³/mol. The quantitative estimate of drug-likeness (QED) is 0.797. The first kappa shape index (κ1) is 13.4. The van der Waals surface area contributed by atoms with Gasteiger partial charge >= 0.3 is 5.97 Å². The fourth-order valence-corrected chi connectivity index (χ4v) is 4.96. The van der Waals surface area contributed by atoms with Crippen molar-refractivity contribution in [1.29, 1.82) is 0 Å². The average Bonchev–Trinajstić information content (AvgIpc) is 2.22. The van der Waals surface area contributed by atoms with E-state index in [1.54, 1.807) is 0 Å². The number of hydrogen-bond acceptors (Lipinski definition) is 3. The molecule has 4 aliphatic rings. The monoisotopic (exact) mass is 265 g/mol. The maximum Gasteiger partial charge on any atom is 0.320 e. The maximum atomic E-state index is 11.9. The summed E-state index contributed by atoms with van der Waals surface area (Å²) in [6, 6.07) is 0. The van der Waals surface area contributed by atoms with E-state index in [9.17, 15) is 4.79 Å². The van der Waals surface area contributed by atoms with Crippen LogP contribution in [0.5, 0.6) is 0 Å². The highest BCUT2D eigenvalue weighted by Gasteiger charge is 2.50. The van der Waals surface area contributed by atoms with Gasteiger partial charge in [-0.15, -0.1) is 0 Å². The van der Waals surface area contributed by atoms with Gasteiger partial charge in [0, 0.05) is 5.54 Å². The molecule has 0 aromatic rings. The van der Waals surface area contributed by atoms with E-state index in [0.717, 1.165) is 17.8 Å². The molecule has 3 heteroatoms. The molecule has 3 nitrogen and oxygen atoms in total. The molecule has 4 saturated carbocycles. The summed E-state index contributed by atoms with van der Waals surface area (Å²) in [5.74, 6) is 2.63. The molecular formula is C16H27NO2. The van der Waals surface area contributed by atoms with E-state index >= 15 is 0 Å². The number of hydrogen-bond donors (Lipinski definition) is 1. The highest BCUT2D eigenvalue weighted by molar-refractivity contribution is 5.72. The molecule has 0 atom stereocenters. The molecule has 0 amide bonds. The number of carbonyl (C=O) groups excluding carboxylic acids is 1. The summed E-state index contributed by atoms with van der Waals surface area (Å²) in [6.07, 6.45) is 8.15. The van der Waals surface area contributed by atoms with Crippen LogP contribution in [0.1, 0.15) is 59.3 Å². The van der Waals surface area contributed by atoms with Crippen LogP contribution in [0.3, 0.4) is 0 Å². The summed E-state index contributed by atoms with van der Waals surface area (Å²) < 4.78 is 5.40. The van der Waals surface area contributed by atoms with Crippen LogP contribution in [0.25, 0.3) is 0 Å². The molecule has 0 aromatic carbocycles. The Morgan fingerprint density at radius 2 is 1.58 bits per heavy atom. The molecule has 4 bridgehead atoms. The Kier molecular flexibility index (Phi) is 3.16. The predicted octanol–water partition coefficient (Wildman–Crippen LogP) is 2.89. The Bertz CT molecular complexity index is 334. The smallest absolute Gasteiger partial charge is 0.320 e. The number of esters is 1. The lowest BCUT2D eigenvalue weighted by molar-refractivity contribution is -0.154. The molecule has 0 heterocycles. The Morgan fingerprint density at radius 3 is 2.00 bits per heavy atom. The Balaban J connectivity index is 1.57. The third-order valence-electron chi connectivity index (χ3n) is 5.07. The molecule has 19 heavy (non-hydrogen) atoms. The topological polar surface area (TPSA) is 38.3 Å². The van der Waals surface area contributed by atoms with Crippen LogP contribution >= 0.6 is 0 Å². The summed E-state index contributed by atoms with van der Waals surface area (Å²) >= 11 is 0. The second-order valence-corrected chi connectivity index (χ2v) is 8.14. The minimum atomic E-state index is -0.375. The zero-order valence-electron chi connectivity index (χ0n) is 12.5. The lowest BCUT2D eigenvalue weighted by atomic mass is 9.53. The van der Waals surface area contributed by atoms with Gasteiger partial charge in [-0.2, -0.15) is 0 Å². The van der Waals surface area contributed by atoms with Gasteiger partial charge in [-0.1, -0.05) is 0 Å². The van der Waals surface area contributed by atoms with Crippen molar-refractivity contribution < 1.29 is 9.53 Å². The second-order valence-electron chi connectivity index (χ2n) is 8.14. The van der Waals surface area contributed by atoms with Crippen LogP contribution in [0.2, 0.25) is 0 Å². The molecule has 0 saturated heterocycles. The van der Waals surface area contributed by atoms with Crippen LogP contribution in [-0.4, -0.2) is 23.7 Å². The van der Waals surface area contributed by atoms with Crippen LogP contribution in [0.4, 0.5) is 0 Å². The van der Waals surface area contributed by atoms with Crippen LogP contribution < -0.4 is 5.32 Å². The van der Waals surface area contributed by atoms with E-state index in [2.05, 4.69) is 5.32 Å². The molecule has 0 aliphatic heterocycles. The summed E-state index contributed by atoms with van der Waals surface area (Å²) in [5.41, 5.74) is -0.119. The first-order valence-corrected chi connectivity index (χ1v) is 7.80. The lowest BCUT2D eigenvalue weighted by Crippen LogP contribution is -2.59. The zero-order chi connectivity index (χ0) is 13.7. The molecule has 0 spiro atoms. The van der Waals surface area contributed by atoms with Gasteiger partial charge in [0.2, 0.25) is 0 Å². The number of ether oxygens (including phenoxy) is 1. The van der Waals surface area contributed by atoms with E-state index in [4.69, 9.17) is 4.74 Å². The Hall–Kier alpha value is -0.570.